The third-order valence-electron chi connectivity index (χ3n) is 10.8. The molecule has 330 valence electrons. The number of benzene rings is 5. The van der Waals surface area contributed by atoms with Crippen molar-refractivity contribution in [2.45, 2.75) is 58.2 Å². The van der Waals surface area contributed by atoms with Crippen molar-refractivity contribution < 1.29 is 96.6 Å². The molecule has 0 fully saturated rings. The Morgan fingerprint density at radius 3 is 0.770 bits per heavy atom. The summed E-state index contributed by atoms with van der Waals surface area (Å²) in [6.07, 6.45) is -7.37. The molecule has 0 bridgehead atoms. The minimum absolute atomic E-state index is 0.874. The van der Waals surface area contributed by atoms with Gasteiger partial charge in [0.05, 0.1) is 10.8 Å². The first-order valence-corrected chi connectivity index (χ1v) is 19.3. The van der Waals surface area contributed by atoms with E-state index >= 15 is 79.0 Å². The fourth-order valence-electron chi connectivity index (χ4n) is 8.39. The van der Waals surface area contributed by atoms with Crippen LogP contribution in [0.2, 0.25) is 16.6 Å². The van der Waals surface area contributed by atoms with Gasteiger partial charge in [-0.1, -0.05) is 41.5 Å². The Labute approximate surface area is 329 Å². The summed E-state index contributed by atoms with van der Waals surface area (Å²) < 4.78 is 336. The minimum Gasteiger partial charge on any atom is -0.540 e. The molecule has 5 aromatic rings. The number of halogens is 21. The standard InChI is InChI=1S/C37H21BF21OSi/c1-7(2)61(8(3)4,9(5)6)60-37-11-10(18(41)26(49)36(37)59)17(40)19(42)12(16(11)39)38(13-20(43)27(50)33(56)28(51)21(13)44,14-22(45)29(52)34(57)30(53)23(14)46)15-24(47)31(54)35(58)32(55)25(15)48/h7-9H,1-6H3/q-1. The number of hydrogen-bond donors (Lipinski definition) is 0. The second-order valence-corrected chi connectivity index (χ2v) is 20.0. The summed E-state index contributed by atoms with van der Waals surface area (Å²) in [7, 11) is -4.07. The molecule has 0 unspecified atom stereocenters. The van der Waals surface area contributed by atoms with Crippen molar-refractivity contribution in [3.63, 3.8) is 0 Å². The van der Waals surface area contributed by atoms with Crippen molar-refractivity contribution >= 4 is 47.1 Å². The first kappa shape index (κ1) is 47.0. The molecule has 5 rings (SSSR count). The van der Waals surface area contributed by atoms with Gasteiger partial charge in [-0.05, 0) is 16.6 Å². The summed E-state index contributed by atoms with van der Waals surface area (Å²) in [5.41, 5.74) is -16.8. The highest BCUT2D eigenvalue weighted by Crippen LogP contribution is 2.47. The molecule has 61 heavy (non-hydrogen) atoms. The summed E-state index contributed by atoms with van der Waals surface area (Å²) >= 11 is 0. The third-order valence-corrected chi connectivity index (χ3v) is 16.8. The van der Waals surface area contributed by atoms with Gasteiger partial charge in [0.2, 0.25) is 5.82 Å². The Kier molecular flexibility index (Phi) is 12.1. The number of fused-ring (bicyclic) bond motifs is 1. The van der Waals surface area contributed by atoms with Crippen LogP contribution >= 0.6 is 0 Å². The zero-order valence-corrected chi connectivity index (χ0v) is 32.2. The van der Waals surface area contributed by atoms with Crippen LogP contribution in [0.4, 0.5) is 92.2 Å². The van der Waals surface area contributed by atoms with E-state index in [2.05, 4.69) is 0 Å². The van der Waals surface area contributed by atoms with Crippen LogP contribution in [-0.4, -0.2) is 14.5 Å². The summed E-state index contributed by atoms with van der Waals surface area (Å²) in [6.45, 7) is 8.15. The van der Waals surface area contributed by atoms with E-state index in [9.17, 15) is 13.2 Å². The molecule has 0 amide bonds. The first-order chi connectivity index (χ1) is 28.0. The molecule has 0 atom stereocenters. The van der Waals surface area contributed by atoms with Crippen molar-refractivity contribution in [3.05, 3.63) is 122 Å². The van der Waals surface area contributed by atoms with Crippen molar-refractivity contribution in [1.82, 2.24) is 0 Å². The largest absolute Gasteiger partial charge is 0.540 e. The van der Waals surface area contributed by atoms with Gasteiger partial charge in [-0.2, -0.15) is 4.39 Å². The molecule has 0 spiro atoms. The van der Waals surface area contributed by atoms with Crippen LogP contribution in [0.15, 0.2) is 0 Å². The lowest BCUT2D eigenvalue weighted by molar-refractivity contribution is 0.379. The fourth-order valence-corrected chi connectivity index (χ4v) is 13.6. The second-order valence-electron chi connectivity index (χ2n) is 14.6. The van der Waals surface area contributed by atoms with Crippen LogP contribution in [0, 0.1) is 122 Å². The Morgan fingerprint density at radius 1 is 0.279 bits per heavy atom. The van der Waals surface area contributed by atoms with Gasteiger partial charge in [0.25, 0.3) is 8.32 Å². The predicted molar refractivity (Wildman–Crippen MR) is 178 cm³/mol. The molecule has 0 saturated heterocycles. The summed E-state index contributed by atoms with van der Waals surface area (Å²) in [5, 5.41) is -4.95. The lowest BCUT2D eigenvalue weighted by atomic mass is 9.12. The predicted octanol–water partition coefficient (Wildman–Crippen LogP) is 10.7. The molecule has 0 N–H and O–H groups in total. The lowest BCUT2D eigenvalue weighted by Gasteiger charge is -2.45. The Bertz CT molecular complexity index is 2420. The van der Waals surface area contributed by atoms with Gasteiger partial charge in [-0.15, -0.1) is 21.9 Å². The van der Waals surface area contributed by atoms with Crippen LogP contribution in [0.1, 0.15) is 41.5 Å². The molecule has 0 aliphatic rings. The van der Waals surface area contributed by atoms with E-state index < -0.39 is 192 Å². The maximum absolute atomic E-state index is 17.8. The van der Waals surface area contributed by atoms with Gasteiger partial charge in [0.15, 0.2) is 75.6 Å². The van der Waals surface area contributed by atoms with E-state index in [0.29, 0.717) is 0 Å². The molecule has 5 aromatic carbocycles. The van der Waals surface area contributed by atoms with Crippen LogP contribution in [0.5, 0.6) is 5.75 Å². The van der Waals surface area contributed by atoms with Gasteiger partial charge in [0, 0.05) is 0 Å². The quantitative estimate of drug-likeness (QED) is 0.0620. The molecule has 0 aliphatic heterocycles. The zero-order chi connectivity index (χ0) is 46.6. The van der Waals surface area contributed by atoms with Crippen molar-refractivity contribution in [3.8, 4) is 5.75 Å². The van der Waals surface area contributed by atoms with Gasteiger partial charge in [-0.25, -0.2) is 87.8 Å². The van der Waals surface area contributed by atoms with Gasteiger partial charge < -0.3 is 4.43 Å². The van der Waals surface area contributed by atoms with E-state index in [1.807, 2.05) is 0 Å². The normalized spacial score (nSPS) is 12.6. The molecule has 0 heterocycles. The van der Waals surface area contributed by atoms with Crippen molar-refractivity contribution in [1.29, 1.82) is 0 Å². The highest BCUT2D eigenvalue weighted by molar-refractivity contribution is 7.20. The molecule has 0 aliphatic carbocycles. The summed E-state index contributed by atoms with van der Waals surface area (Å²) in [5.74, 6) is -74.8. The molecular weight excluding hydrogens is 898 g/mol. The van der Waals surface area contributed by atoms with Gasteiger partial charge in [0.1, 0.15) is 52.7 Å². The molecular formula is C37H21BF21OSi-. The topological polar surface area (TPSA) is 9.23 Å². The highest BCUT2D eigenvalue weighted by Gasteiger charge is 2.53. The fraction of sp³-hybridized carbons (Fsp3) is 0.243. The molecule has 0 saturated carbocycles. The zero-order valence-electron chi connectivity index (χ0n) is 31.2. The van der Waals surface area contributed by atoms with Crippen LogP contribution in [0.25, 0.3) is 10.8 Å². The first-order valence-electron chi connectivity index (χ1n) is 17.1. The molecule has 1 nitrogen and oxygen atoms in total. The average molecular weight is 919 g/mol. The van der Waals surface area contributed by atoms with Crippen molar-refractivity contribution in [2.24, 2.45) is 0 Å². The second kappa shape index (κ2) is 15.7. The lowest BCUT2D eigenvalue weighted by Crippen LogP contribution is -2.81. The Balaban J connectivity index is 2.39. The van der Waals surface area contributed by atoms with Crippen molar-refractivity contribution in [2.75, 3.05) is 0 Å². The SMILES string of the molecule is CC(C)[Si](Oc1c(F)c(F)c(F)c2c(F)c(F)c([B-](c3c(F)c(F)c(F)c(F)c3F)(c3c(F)c(F)c(F)c(F)c3F)c3c(F)c(F)c(F)c(F)c3F)c(F)c12)(C(C)C)C(C)C. The number of hydrogen-bond acceptors (Lipinski definition) is 1. The maximum atomic E-state index is 17.8. The third kappa shape index (κ3) is 6.18. The molecule has 24 heteroatoms. The maximum Gasteiger partial charge on any atom is 0.258 e. The van der Waals surface area contributed by atoms with E-state index in [1.165, 1.54) is 41.5 Å². The summed E-state index contributed by atoms with van der Waals surface area (Å²) in [4.78, 5) is 0. The molecule has 0 radical (unpaired) electrons. The monoisotopic (exact) mass is 919 g/mol. The van der Waals surface area contributed by atoms with E-state index in [1.54, 1.807) is 0 Å². The Hall–Kier alpha value is -5.03. The Morgan fingerprint density at radius 2 is 0.492 bits per heavy atom. The van der Waals surface area contributed by atoms with E-state index in [-0.39, 0.29) is 0 Å². The number of rotatable bonds is 9. The molecule has 0 aromatic heterocycles. The van der Waals surface area contributed by atoms with Gasteiger partial charge in [-0.3, -0.25) is 0 Å². The average Bonchev–Trinajstić information content (AvgIpc) is 3.19. The summed E-state index contributed by atoms with van der Waals surface area (Å²) in [6, 6.07) is 0. The van der Waals surface area contributed by atoms with Gasteiger partial charge >= 0.3 is 0 Å². The minimum atomic E-state index is -7.37. The van der Waals surface area contributed by atoms with Crippen LogP contribution in [-0.2, 0) is 0 Å². The van der Waals surface area contributed by atoms with Crippen LogP contribution < -0.4 is 26.3 Å². The smallest absolute Gasteiger partial charge is 0.258 e. The highest BCUT2D eigenvalue weighted by atomic mass is 28.4. The van der Waals surface area contributed by atoms with Crippen LogP contribution in [0.3, 0.4) is 0 Å². The van der Waals surface area contributed by atoms with E-state index in [0.717, 1.165) is 0 Å². The van der Waals surface area contributed by atoms with E-state index in [4.69, 9.17) is 4.43 Å².